The second-order valence-corrected chi connectivity index (χ2v) is 8.30. The van der Waals surface area contributed by atoms with Crippen LogP contribution in [0.4, 0.5) is 18.0 Å². The third kappa shape index (κ3) is 5.12. The molecule has 2 saturated heterocycles. The van der Waals surface area contributed by atoms with E-state index in [0.29, 0.717) is 31.6 Å². The van der Waals surface area contributed by atoms with E-state index in [1.807, 2.05) is 30.3 Å². The molecule has 2 heterocycles. The molecule has 170 valence electrons. The van der Waals surface area contributed by atoms with Gasteiger partial charge in [0.05, 0.1) is 30.9 Å². The van der Waals surface area contributed by atoms with Gasteiger partial charge < -0.3 is 9.47 Å². The van der Waals surface area contributed by atoms with Crippen molar-refractivity contribution in [1.82, 2.24) is 4.90 Å². The lowest BCUT2D eigenvalue weighted by Gasteiger charge is -2.47. The number of amides is 1. The fourth-order valence-electron chi connectivity index (χ4n) is 4.43. The summed E-state index contributed by atoms with van der Waals surface area (Å²) >= 11 is 0. The van der Waals surface area contributed by atoms with E-state index in [4.69, 9.17) is 9.47 Å². The molecule has 2 unspecified atom stereocenters. The number of rotatable bonds is 5. The molecule has 0 saturated carbocycles. The summed E-state index contributed by atoms with van der Waals surface area (Å²) < 4.78 is 49.3. The second kappa shape index (κ2) is 9.32. The number of ether oxygens (including phenoxy) is 2. The number of carbonyl (C=O) groups excluding carboxylic acids is 2. The van der Waals surface area contributed by atoms with Crippen LogP contribution < -0.4 is 0 Å². The minimum atomic E-state index is -4.40. The lowest BCUT2D eigenvalue weighted by molar-refractivity contribution is -0.137. The molecule has 2 aliphatic rings. The number of carbonyl (C=O) groups is 2. The maximum atomic E-state index is 12.9. The van der Waals surface area contributed by atoms with Crippen LogP contribution in [0.1, 0.15) is 29.5 Å². The van der Waals surface area contributed by atoms with Crippen LogP contribution >= 0.6 is 0 Å². The van der Waals surface area contributed by atoms with Gasteiger partial charge in [-0.25, -0.2) is 4.79 Å². The molecule has 2 fully saturated rings. The van der Waals surface area contributed by atoms with Crippen LogP contribution in [0.2, 0.25) is 0 Å². The van der Waals surface area contributed by atoms with Gasteiger partial charge in [-0.1, -0.05) is 42.5 Å². The Morgan fingerprint density at radius 1 is 0.938 bits per heavy atom. The standard InChI is InChI=1S/C24H24F3NO4/c25-24(26,27)19-8-6-16(7-9-19)10-22(29)18-11-20-14-31-15-21(12-18)28(20)23(30)32-13-17-4-2-1-3-5-17/h1-9,18,20-21H,10-15H2. The Labute approximate surface area is 184 Å². The first-order valence-electron chi connectivity index (χ1n) is 10.6. The molecule has 2 bridgehead atoms. The quantitative estimate of drug-likeness (QED) is 0.671. The van der Waals surface area contributed by atoms with E-state index in [0.717, 1.165) is 17.7 Å². The first kappa shape index (κ1) is 22.3. The van der Waals surface area contributed by atoms with Crippen LogP contribution in [-0.2, 0) is 33.5 Å². The van der Waals surface area contributed by atoms with E-state index in [1.54, 1.807) is 4.90 Å². The zero-order valence-corrected chi connectivity index (χ0v) is 17.4. The van der Waals surface area contributed by atoms with Gasteiger partial charge in [0, 0.05) is 12.3 Å². The minimum absolute atomic E-state index is 0.0287. The zero-order valence-electron chi connectivity index (χ0n) is 17.4. The topological polar surface area (TPSA) is 55.8 Å². The summed E-state index contributed by atoms with van der Waals surface area (Å²) in [6.07, 6.45) is -3.84. The first-order chi connectivity index (χ1) is 15.3. The molecule has 0 aliphatic carbocycles. The molecule has 1 amide bonds. The van der Waals surface area contributed by atoms with Gasteiger partial charge in [-0.2, -0.15) is 13.2 Å². The molecule has 8 heteroatoms. The summed E-state index contributed by atoms with van der Waals surface area (Å²) in [5, 5.41) is 0. The SMILES string of the molecule is O=C(Cc1ccc(C(F)(F)F)cc1)C1CC2COCC(C1)N2C(=O)OCc1ccccc1. The van der Waals surface area contributed by atoms with Crippen molar-refractivity contribution >= 4 is 11.9 Å². The fraction of sp³-hybridized carbons (Fsp3) is 0.417. The van der Waals surface area contributed by atoms with Crippen LogP contribution in [0, 0.1) is 5.92 Å². The Morgan fingerprint density at radius 3 is 2.16 bits per heavy atom. The van der Waals surface area contributed by atoms with Gasteiger partial charge in [-0.15, -0.1) is 0 Å². The van der Waals surface area contributed by atoms with E-state index < -0.39 is 17.8 Å². The fourth-order valence-corrected chi connectivity index (χ4v) is 4.43. The first-order valence-corrected chi connectivity index (χ1v) is 10.6. The van der Waals surface area contributed by atoms with Gasteiger partial charge in [0.25, 0.3) is 0 Å². The third-order valence-corrected chi connectivity index (χ3v) is 6.05. The molecule has 0 N–H and O–H groups in total. The molecule has 32 heavy (non-hydrogen) atoms. The Morgan fingerprint density at radius 2 is 1.56 bits per heavy atom. The Balaban J connectivity index is 1.36. The average molecular weight is 447 g/mol. The average Bonchev–Trinajstić information content (AvgIpc) is 2.77. The molecule has 0 aromatic heterocycles. The molecular weight excluding hydrogens is 423 g/mol. The number of fused-ring (bicyclic) bond motifs is 2. The number of nitrogens with zero attached hydrogens (tertiary/aromatic N) is 1. The monoisotopic (exact) mass is 447 g/mol. The van der Waals surface area contributed by atoms with Gasteiger partial charge >= 0.3 is 12.3 Å². The molecule has 0 radical (unpaired) electrons. The Hall–Kier alpha value is -2.87. The highest BCUT2D eigenvalue weighted by molar-refractivity contribution is 5.84. The Kier molecular flexibility index (Phi) is 6.50. The number of benzene rings is 2. The summed E-state index contributed by atoms with van der Waals surface area (Å²) in [6.45, 7) is 0.842. The number of halogens is 3. The summed E-state index contributed by atoms with van der Waals surface area (Å²) in [7, 11) is 0. The van der Waals surface area contributed by atoms with Crippen LogP contribution in [0.5, 0.6) is 0 Å². The van der Waals surface area contributed by atoms with E-state index >= 15 is 0 Å². The van der Waals surface area contributed by atoms with Gasteiger partial charge in [0.15, 0.2) is 0 Å². The van der Waals surface area contributed by atoms with Crippen LogP contribution in [0.15, 0.2) is 54.6 Å². The number of piperidine rings is 1. The van der Waals surface area contributed by atoms with Crippen molar-refractivity contribution in [3.63, 3.8) is 0 Å². The summed E-state index contributed by atoms with van der Waals surface area (Å²) in [5.41, 5.74) is 0.709. The predicted molar refractivity (Wildman–Crippen MR) is 110 cm³/mol. The predicted octanol–water partition coefficient (Wildman–Crippen LogP) is 4.63. The van der Waals surface area contributed by atoms with Crippen molar-refractivity contribution in [3.05, 3.63) is 71.3 Å². The van der Waals surface area contributed by atoms with Crippen molar-refractivity contribution in [2.45, 2.75) is 44.1 Å². The highest BCUT2D eigenvalue weighted by atomic mass is 19.4. The van der Waals surface area contributed by atoms with E-state index in [1.165, 1.54) is 12.1 Å². The number of morpholine rings is 1. The van der Waals surface area contributed by atoms with Crippen molar-refractivity contribution < 1.29 is 32.2 Å². The number of Topliss-reactive ketones (excluding diaryl/α,β-unsaturated/α-hetero) is 1. The highest BCUT2D eigenvalue weighted by Gasteiger charge is 2.44. The molecule has 2 atom stereocenters. The van der Waals surface area contributed by atoms with Crippen molar-refractivity contribution in [3.8, 4) is 0 Å². The second-order valence-electron chi connectivity index (χ2n) is 8.30. The van der Waals surface area contributed by atoms with Gasteiger partial charge in [0.1, 0.15) is 12.4 Å². The molecular formula is C24H24F3NO4. The van der Waals surface area contributed by atoms with Crippen molar-refractivity contribution in [2.24, 2.45) is 5.92 Å². The van der Waals surface area contributed by atoms with Gasteiger partial charge in [0.2, 0.25) is 0 Å². The lowest BCUT2D eigenvalue weighted by Crippen LogP contribution is -2.60. The lowest BCUT2D eigenvalue weighted by atomic mass is 9.81. The maximum absolute atomic E-state index is 12.9. The van der Waals surface area contributed by atoms with Gasteiger partial charge in [-0.05, 0) is 36.1 Å². The molecule has 2 aliphatic heterocycles. The summed E-state index contributed by atoms with van der Waals surface area (Å²) in [4.78, 5) is 27.3. The highest BCUT2D eigenvalue weighted by Crippen LogP contribution is 2.34. The normalized spacial score (nSPS) is 23.0. The van der Waals surface area contributed by atoms with Crippen molar-refractivity contribution in [1.29, 1.82) is 0 Å². The smallest absolute Gasteiger partial charge is 0.416 e. The van der Waals surface area contributed by atoms with E-state index in [9.17, 15) is 22.8 Å². The Bertz CT molecular complexity index is 932. The maximum Gasteiger partial charge on any atom is 0.416 e. The molecule has 2 aromatic rings. The number of ketones is 1. The summed E-state index contributed by atoms with van der Waals surface area (Å²) in [5.74, 6) is -0.298. The van der Waals surface area contributed by atoms with Gasteiger partial charge in [-0.3, -0.25) is 9.69 Å². The third-order valence-electron chi connectivity index (χ3n) is 6.05. The molecule has 2 aromatic carbocycles. The number of hydrogen-bond donors (Lipinski definition) is 0. The zero-order chi connectivity index (χ0) is 22.7. The number of alkyl halides is 3. The molecule has 4 rings (SSSR count). The van der Waals surface area contributed by atoms with Crippen LogP contribution in [-0.4, -0.2) is 42.1 Å². The van der Waals surface area contributed by atoms with Crippen molar-refractivity contribution in [2.75, 3.05) is 13.2 Å². The van der Waals surface area contributed by atoms with E-state index in [-0.39, 0.29) is 36.8 Å². The summed E-state index contributed by atoms with van der Waals surface area (Å²) in [6, 6.07) is 13.6. The molecule has 0 spiro atoms. The van der Waals surface area contributed by atoms with E-state index in [2.05, 4.69) is 0 Å². The number of hydrogen-bond acceptors (Lipinski definition) is 4. The minimum Gasteiger partial charge on any atom is -0.445 e. The largest absolute Gasteiger partial charge is 0.445 e. The van der Waals surface area contributed by atoms with Crippen LogP contribution in [0.25, 0.3) is 0 Å². The van der Waals surface area contributed by atoms with Crippen LogP contribution in [0.3, 0.4) is 0 Å². The molecule has 5 nitrogen and oxygen atoms in total.